The van der Waals surface area contributed by atoms with Gasteiger partial charge in [-0.05, 0) is 40.8 Å². The lowest BCUT2D eigenvalue weighted by Crippen LogP contribution is -2.40. The van der Waals surface area contributed by atoms with Crippen LogP contribution in [0.3, 0.4) is 0 Å². The molecule has 3 nitrogen and oxygen atoms in total. The molecule has 0 atom stereocenters. The van der Waals surface area contributed by atoms with E-state index in [2.05, 4.69) is 35.1 Å². The van der Waals surface area contributed by atoms with Gasteiger partial charge < -0.3 is 9.73 Å². The van der Waals surface area contributed by atoms with Crippen LogP contribution >= 0.6 is 15.9 Å². The number of hydrogen-bond donors (Lipinski definition) is 1. The molecule has 1 fully saturated rings. The molecule has 82 valence electrons. The second-order valence-electron chi connectivity index (χ2n) is 4.37. The van der Waals surface area contributed by atoms with Crippen LogP contribution in [0.4, 0.5) is 0 Å². The smallest absolute Gasteiger partial charge is 0.256 e. The van der Waals surface area contributed by atoms with Crippen LogP contribution in [0.25, 0.3) is 0 Å². The average Bonchev–Trinajstić information content (AvgIpc) is 2.82. The van der Waals surface area contributed by atoms with E-state index in [9.17, 15) is 4.79 Å². The molecule has 2 rings (SSSR count). The van der Waals surface area contributed by atoms with E-state index in [1.54, 1.807) is 6.07 Å². The largest absolute Gasteiger partial charge is 0.457 e. The first-order valence-corrected chi connectivity index (χ1v) is 5.90. The van der Waals surface area contributed by atoms with Crippen molar-refractivity contribution in [1.82, 2.24) is 5.32 Å². The van der Waals surface area contributed by atoms with E-state index in [1.807, 2.05) is 0 Å². The van der Waals surface area contributed by atoms with Crippen LogP contribution in [0, 0.1) is 5.92 Å². The number of halogens is 1. The molecule has 1 heterocycles. The van der Waals surface area contributed by atoms with Crippen LogP contribution in [0.1, 0.15) is 37.0 Å². The van der Waals surface area contributed by atoms with Crippen LogP contribution in [0.15, 0.2) is 21.4 Å². The third-order valence-electron chi connectivity index (χ3n) is 3.12. The Balaban J connectivity index is 2.08. The molecule has 4 heteroatoms. The van der Waals surface area contributed by atoms with Gasteiger partial charge in [0.2, 0.25) is 0 Å². The fourth-order valence-electron chi connectivity index (χ4n) is 1.73. The fraction of sp³-hybridized carbons (Fsp3) is 0.545. The third-order valence-corrected chi connectivity index (χ3v) is 3.73. The minimum atomic E-state index is -0.0539. The van der Waals surface area contributed by atoms with Crippen molar-refractivity contribution in [2.24, 2.45) is 5.92 Å². The van der Waals surface area contributed by atoms with Crippen LogP contribution in [-0.4, -0.2) is 11.4 Å². The lowest BCUT2D eigenvalue weighted by Gasteiger charge is -2.20. The molecular weight excluding hydrogens is 258 g/mol. The highest BCUT2D eigenvalue weighted by molar-refractivity contribution is 9.10. The Morgan fingerprint density at radius 3 is 2.67 bits per heavy atom. The normalized spacial score (nSPS) is 17.9. The maximum absolute atomic E-state index is 11.9. The van der Waals surface area contributed by atoms with Gasteiger partial charge in [-0.15, -0.1) is 0 Å². The van der Waals surface area contributed by atoms with E-state index in [0.29, 0.717) is 16.2 Å². The van der Waals surface area contributed by atoms with Gasteiger partial charge in [-0.25, -0.2) is 0 Å². The van der Waals surface area contributed by atoms with Crippen molar-refractivity contribution in [2.45, 2.75) is 32.2 Å². The van der Waals surface area contributed by atoms with Gasteiger partial charge in [0.15, 0.2) is 4.67 Å². The molecule has 0 radical (unpaired) electrons. The van der Waals surface area contributed by atoms with Crippen LogP contribution in [0.2, 0.25) is 0 Å². The van der Waals surface area contributed by atoms with Crippen molar-refractivity contribution in [3.05, 3.63) is 22.6 Å². The topological polar surface area (TPSA) is 42.2 Å². The predicted octanol–water partition coefficient (Wildman–Crippen LogP) is 2.96. The predicted molar refractivity (Wildman–Crippen MR) is 60.7 cm³/mol. The number of carbonyl (C=O) groups is 1. The SMILES string of the molecule is CC(C)C1(NC(=O)c2ccoc2Br)CC1. The zero-order chi connectivity index (χ0) is 11.1. The molecule has 0 saturated heterocycles. The number of furan rings is 1. The molecule has 1 aliphatic carbocycles. The summed E-state index contributed by atoms with van der Waals surface area (Å²) >= 11 is 3.20. The zero-order valence-corrected chi connectivity index (χ0v) is 10.4. The van der Waals surface area contributed by atoms with Crippen molar-refractivity contribution < 1.29 is 9.21 Å². The highest BCUT2D eigenvalue weighted by atomic mass is 79.9. The Labute approximate surface area is 97.4 Å². The molecular formula is C11H14BrNO2. The van der Waals surface area contributed by atoms with Gasteiger partial charge >= 0.3 is 0 Å². The highest BCUT2D eigenvalue weighted by Gasteiger charge is 2.46. The molecule has 1 aromatic rings. The number of hydrogen-bond acceptors (Lipinski definition) is 2. The fourth-order valence-corrected chi connectivity index (χ4v) is 2.15. The van der Waals surface area contributed by atoms with Crippen molar-refractivity contribution >= 4 is 21.8 Å². The van der Waals surface area contributed by atoms with Gasteiger partial charge in [-0.1, -0.05) is 13.8 Å². The summed E-state index contributed by atoms with van der Waals surface area (Å²) in [5.41, 5.74) is 0.593. The highest BCUT2D eigenvalue weighted by Crippen LogP contribution is 2.42. The van der Waals surface area contributed by atoms with E-state index in [-0.39, 0.29) is 11.4 Å². The van der Waals surface area contributed by atoms with Crippen LogP contribution in [0.5, 0.6) is 0 Å². The number of rotatable bonds is 3. The Morgan fingerprint density at radius 1 is 1.60 bits per heavy atom. The molecule has 1 aliphatic rings. The molecule has 0 aromatic carbocycles. The van der Waals surface area contributed by atoms with E-state index < -0.39 is 0 Å². The second-order valence-corrected chi connectivity index (χ2v) is 5.09. The molecule has 0 spiro atoms. The van der Waals surface area contributed by atoms with Crippen molar-refractivity contribution in [2.75, 3.05) is 0 Å². The minimum absolute atomic E-state index is 0.0216. The molecule has 1 aromatic heterocycles. The summed E-state index contributed by atoms with van der Waals surface area (Å²) in [6, 6.07) is 1.68. The third kappa shape index (κ3) is 1.95. The van der Waals surface area contributed by atoms with Gasteiger partial charge in [0.1, 0.15) is 0 Å². The Hall–Kier alpha value is -0.770. The van der Waals surface area contributed by atoms with Gasteiger partial charge in [0.25, 0.3) is 5.91 Å². The molecule has 15 heavy (non-hydrogen) atoms. The molecule has 0 unspecified atom stereocenters. The number of amides is 1. The summed E-state index contributed by atoms with van der Waals surface area (Å²) in [6.45, 7) is 4.27. The summed E-state index contributed by atoms with van der Waals surface area (Å²) in [4.78, 5) is 11.9. The maximum atomic E-state index is 11.9. The zero-order valence-electron chi connectivity index (χ0n) is 8.84. The lowest BCUT2D eigenvalue weighted by atomic mass is 10.0. The van der Waals surface area contributed by atoms with Gasteiger partial charge in [-0.3, -0.25) is 4.79 Å². The average molecular weight is 272 g/mol. The lowest BCUT2D eigenvalue weighted by molar-refractivity contribution is 0.0916. The molecule has 1 amide bonds. The van der Waals surface area contributed by atoms with Crippen LogP contribution in [-0.2, 0) is 0 Å². The van der Waals surface area contributed by atoms with Gasteiger partial charge in [-0.2, -0.15) is 0 Å². The number of nitrogens with one attached hydrogen (secondary N) is 1. The summed E-state index contributed by atoms with van der Waals surface area (Å²) in [7, 11) is 0. The minimum Gasteiger partial charge on any atom is -0.457 e. The monoisotopic (exact) mass is 271 g/mol. The van der Waals surface area contributed by atoms with Gasteiger partial charge in [0, 0.05) is 5.54 Å². The first-order valence-electron chi connectivity index (χ1n) is 5.11. The van der Waals surface area contributed by atoms with Crippen molar-refractivity contribution in [3.8, 4) is 0 Å². The molecule has 0 bridgehead atoms. The molecule has 1 N–H and O–H groups in total. The summed E-state index contributed by atoms with van der Waals surface area (Å²) in [5, 5.41) is 3.08. The quantitative estimate of drug-likeness (QED) is 0.919. The van der Waals surface area contributed by atoms with E-state index in [0.717, 1.165) is 12.8 Å². The van der Waals surface area contributed by atoms with Gasteiger partial charge in [0.05, 0.1) is 11.8 Å². The first kappa shape index (κ1) is 10.7. The standard InChI is InChI=1S/C11H14BrNO2/c1-7(2)11(4-5-11)13-10(14)8-3-6-15-9(8)12/h3,6-7H,4-5H2,1-2H3,(H,13,14). The summed E-state index contributed by atoms with van der Waals surface area (Å²) in [5.74, 6) is 0.425. The second kappa shape index (κ2) is 3.67. The molecule has 0 aliphatic heterocycles. The summed E-state index contributed by atoms with van der Waals surface area (Å²) < 4.78 is 5.54. The maximum Gasteiger partial charge on any atom is 0.256 e. The summed E-state index contributed by atoms with van der Waals surface area (Å²) in [6.07, 6.45) is 3.66. The Morgan fingerprint density at radius 2 is 2.27 bits per heavy atom. The van der Waals surface area contributed by atoms with Crippen molar-refractivity contribution in [3.63, 3.8) is 0 Å². The van der Waals surface area contributed by atoms with Crippen LogP contribution < -0.4 is 5.32 Å². The van der Waals surface area contributed by atoms with E-state index >= 15 is 0 Å². The van der Waals surface area contributed by atoms with Crippen molar-refractivity contribution in [1.29, 1.82) is 0 Å². The van der Waals surface area contributed by atoms with E-state index in [1.165, 1.54) is 6.26 Å². The number of carbonyl (C=O) groups excluding carboxylic acids is 1. The Bertz CT molecular complexity index is 380. The Kier molecular flexibility index (Phi) is 2.63. The molecule has 1 saturated carbocycles. The first-order chi connectivity index (χ1) is 7.05. The van der Waals surface area contributed by atoms with E-state index in [4.69, 9.17) is 4.42 Å².